The molecular formula is C78H100ClF3N10O9S4. The monoisotopic (exact) mass is 1540 g/mol. The number of thioether (sulfide) groups is 1. The van der Waals surface area contributed by atoms with E-state index in [0.717, 1.165) is 83.3 Å². The smallest absolute Gasteiger partial charge is 0.391 e. The number of β-amino-alcohol motifs (C(OH)–C–C–N with tert-alkyl or cyclic N) is 1. The van der Waals surface area contributed by atoms with Crippen molar-refractivity contribution in [2.75, 3.05) is 94.5 Å². The van der Waals surface area contributed by atoms with Gasteiger partial charge in [-0.05, 0) is 151 Å². The molecule has 3 fully saturated rings. The maximum Gasteiger partial charge on any atom is 0.501 e. The zero-order valence-corrected chi connectivity index (χ0v) is 65.6. The molecule has 0 radical (unpaired) electrons. The number of likely N-dealkylation sites (tertiary alicyclic amines) is 1. The summed E-state index contributed by atoms with van der Waals surface area (Å²) in [5.41, 5.74) is 0.962. The van der Waals surface area contributed by atoms with E-state index in [-0.39, 0.29) is 42.1 Å². The molecule has 10 rings (SSSR count). The molecule has 0 bridgehead atoms. The van der Waals surface area contributed by atoms with E-state index in [9.17, 15) is 54.3 Å². The molecule has 6 aromatic rings. The van der Waals surface area contributed by atoms with Gasteiger partial charge < -0.3 is 40.7 Å². The van der Waals surface area contributed by atoms with Crippen molar-refractivity contribution in [3.63, 3.8) is 0 Å². The van der Waals surface area contributed by atoms with Crippen LogP contribution in [-0.2, 0) is 40.8 Å². The Labute approximate surface area is 630 Å². The standard InChI is InChI=1S/C78H100ClF3N10O9S4/c1-52-68(103-51-84-52)55-18-16-53(17-19-55)47-83-71(95)66-44-61(93)49-92(66)72(96)69(74(2,3)4)86-73(97)77(9,10)76(7,8)33-35-89-38-36-88(37-39-89)34-31-59(50-102-62-14-12-11-13-15-62)85-65-29-28-63(45-67(65)104(98,99)78(80,81)82)105(100,101)87-70(94)56-22-26-60(27-23-56)91-42-40-90(41-43-91)48-57-46-75(5,6)32-30-64(57)54-20-24-58(79)25-21-54/h11-29,45,51,59,61,66,69,85,93H,30-44,46-50H2,1-10H3,(H,83,95)(H,86,97)(H,87,94)/t59-,61-,66+,69-/m1/s1. The number of aliphatic hydroxyl groups excluding tert-OH is 1. The number of hydrogen-bond acceptors (Lipinski definition) is 17. The Morgan fingerprint density at radius 2 is 1.41 bits per heavy atom. The summed E-state index contributed by atoms with van der Waals surface area (Å²) in [6.07, 6.45) is 3.17. The zero-order valence-electron chi connectivity index (χ0n) is 61.6. The number of benzene rings is 5. The van der Waals surface area contributed by atoms with Crippen molar-refractivity contribution in [2.45, 2.75) is 159 Å². The molecule has 0 unspecified atom stereocenters. The van der Waals surface area contributed by atoms with Crippen molar-refractivity contribution in [3.05, 3.63) is 160 Å². The molecule has 4 amide bonds. The second-order valence-electron chi connectivity index (χ2n) is 31.3. The predicted molar refractivity (Wildman–Crippen MR) is 411 cm³/mol. The average molecular weight is 1540 g/mol. The molecule has 5 N–H and O–H groups in total. The van der Waals surface area contributed by atoms with Crippen molar-refractivity contribution in [1.29, 1.82) is 0 Å². The Bertz CT molecular complexity index is 4310. The molecule has 0 saturated carbocycles. The van der Waals surface area contributed by atoms with Crippen LogP contribution in [0.1, 0.15) is 128 Å². The number of carbonyl (C=O) groups excluding carboxylic acids is 4. The lowest BCUT2D eigenvalue weighted by atomic mass is 9.65. The van der Waals surface area contributed by atoms with Gasteiger partial charge in [0.1, 0.15) is 17.0 Å². The third-order valence-corrected chi connectivity index (χ3v) is 26.8. The first kappa shape index (κ1) is 80.7. The number of nitrogens with one attached hydrogen (secondary N) is 4. The number of carbonyl (C=O) groups is 4. The normalized spacial score (nSPS) is 18.9. The fraction of sp³-hybridized carbons (Fsp3) is 0.500. The van der Waals surface area contributed by atoms with Gasteiger partial charge in [0, 0.05) is 123 Å². The first-order valence-electron chi connectivity index (χ1n) is 35.9. The number of amides is 4. The van der Waals surface area contributed by atoms with E-state index in [4.69, 9.17) is 11.6 Å². The molecule has 568 valence electrons. The largest absolute Gasteiger partial charge is 0.501 e. The van der Waals surface area contributed by atoms with Crippen LogP contribution in [0, 0.1) is 28.6 Å². The predicted octanol–water partition coefficient (Wildman–Crippen LogP) is 12.8. The molecule has 3 saturated heterocycles. The number of sulfonamides is 1. The maximum absolute atomic E-state index is 14.7. The van der Waals surface area contributed by atoms with Crippen molar-refractivity contribution in [2.24, 2.45) is 21.7 Å². The van der Waals surface area contributed by atoms with Gasteiger partial charge in [0.2, 0.25) is 17.7 Å². The highest BCUT2D eigenvalue weighted by Gasteiger charge is 2.50. The Balaban J connectivity index is 0.731. The highest BCUT2D eigenvalue weighted by molar-refractivity contribution is 7.99. The summed E-state index contributed by atoms with van der Waals surface area (Å²) in [6.45, 7) is 27.6. The van der Waals surface area contributed by atoms with Crippen LogP contribution in [0.25, 0.3) is 16.0 Å². The average Bonchev–Trinajstić information content (AvgIpc) is 1.02. The van der Waals surface area contributed by atoms with Gasteiger partial charge in [-0.15, -0.1) is 23.1 Å². The summed E-state index contributed by atoms with van der Waals surface area (Å²) < 4.78 is 101. The van der Waals surface area contributed by atoms with Gasteiger partial charge in [-0.1, -0.05) is 134 Å². The summed E-state index contributed by atoms with van der Waals surface area (Å²) in [7, 11) is -11.1. The number of alkyl halides is 3. The number of allylic oxidation sites excluding steroid dienone is 1. The SMILES string of the molecule is Cc1ncsc1-c1ccc(CNC(=O)[C@@H]2C[C@@H](O)CN2C(=O)[C@@H](NC(=O)C(C)(C)C(C)(C)CCN2CCN(CC[C@H](CSc3ccccc3)Nc3ccc(S(=O)(=O)NC(=O)c4ccc(N5CCN(CC6=C(c7ccc(Cl)cc7)CCC(C)(C)C6)CC5)cc4)cc3S(=O)(=O)C(F)(F)F)CC2)C(C)(C)C)cc1. The Hall–Kier alpha value is -6.88. The molecule has 27 heteroatoms. The highest BCUT2D eigenvalue weighted by Crippen LogP contribution is 2.45. The molecule has 4 heterocycles. The van der Waals surface area contributed by atoms with Crippen molar-refractivity contribution in [1.82, 2.24) is 39.9 Å². The summed E-state index contributed by atoms with van der Waals surface area (Å²) in [6, 6.07) is 31.4. The van der Waals surface area contributed by atoms with E-state index in [2.05, 4.69) is 66.5 Å². The number of rotatable bonds is 27. The van der Waals surface area contributed by atoms with Crippen LogP contribution >= 0.6 is 34.7 Å². The first-order chi connectivity index (χ1) is 49.4. The number of halogens is 4. The number of piperazine rings is 2. The minimum Gasteiger partial charge on any atom is -0.391 e. The lowest BCUT2D eigenvalue weighted by Crippen LogP contribution is -2.60. The molecule has 3 aliphatic heterocycles. The number of sulfone groups is 1. The number of aryl methyl sites for hydroxylation is 1. The van der Waals surface area contributed by atoms with Crippen molar-refractivity contribution in [3.8, 4) is 10.4 Å². The molecule has 4 aliphatic rings. The van der Waals surface area contributed by atoms with Gasteiger partial charge in [-0.3, -0.25) is 24.1 Å². The third kappa shape index (κ3) is 20.1. The van der Waals surface area contributed by atoms with Gasteiger partial charge in [0.15, 0.2) is 0 Å². The summed E-state index contributed by atoms with van der Waals surface area (Å²) >= 11 is 9.21. The lowest BCUT2D eigenvalue weighted by Gasteiger charge is -2.44. The second kappa shape index (κ2) is 33.3. The highest BCUT2D eigenvalue weighted by atomic mass is 35.5. The van der Waals surface area contributed by atoms with Crippen molar-refractivity contribution >= 4 is 95.1 Å². The fourth-order valence-electron chi connectivity index (χ4n) is 14.1. The number of aromatic nitrogens is 1. The van der Waals surface area contributed by atoms with Crippen LogP contribution in [-0.4, -0.2) is 184 Å². The molecule has 1 aliphatic carbocycles. The van der Waals surface area contributed by atoms with E-state index in [1.54, 1.807) is 29.0 Å². The molecular weight excluding hydrogens is 1440 g/mol. The summed E-state index contributed by atoms with van der Waals surface area (Å²) in [5.74, 6) is -1.96. The van der Waals surface area contributed by atoms with Gasteiger partial charge in [-0.25, -0.2) is 26.5 Å². The molecule has 105 heavy (non-hydrogen) atoms. The van der Waals surface area contributed by atoms with Crippen LogP contribution in [0.2, 0.25) is 5.02 Å². The van der Waals surface area contributed by atoms with Crippen LogP contribution in [0.4, 0.5) is 24.5 Å². The Morgan fingerprint density at radius 3 is 2.03 bits per heavy atom. The molecule has 5 aromatic carbocycles. The minimum atomic E-state index is -6.18. The molecule has 19 nitrogen and oxygen atoms in total. The lowest BCUT2D eigenvalue weighted by molar-refractivity contribution is -0.147. The quantitative estimate of drug-likeness (QED) is 0.0302. The zero-order chi connectivity index (χ0) is 76.0. The van der Waals surface area contributed by atoms with E-state index >= 15 is 0 Å². The van der Waals surface area contributed by atoms with E-state index in [0.29, 0.717) is 76.3 Å². The number of thiazole rings is 1. The number of aliphatic hydroxyl groups is 1. The summed E-state index contributed by atoms with van der Waals surface area (Å²) in [5, 5.41) is 20.7. The van der Waals surface area contributed by atoms with Gasteiger partial charge in [0.25, 0.3) is 25.8 Å². The molecule has 1 aromatic heterocycles. The summed E-state index contributed by atoms with van der Waals surface area (Å²) in [4.78, 5) is 71.4. The molecule has 4 atom stereocenters. The van der Waals surface area contributed by atoms with Crippen LogP contribution < -0.4 is 25.6 Å². The second-order valence-corrected chi connectivity index (χ2v) is 37.3. The number of anilines is 2. The number of hydrogen-bond donors (Lipinski definition) is 5. The Morgan fingerprint density at radius 1 is 0.781 bits per heavy atom. The third-order valence-electron chi connectivity index (χ3n) is 21.5. The molecule has 0 spiro atoms. The van der Waals surface area contributed by atoms with Crippen LogP contribution in [0.3, 0.4) is 0 Å². The van der Waals surface area contributed by atoms with Crippen molar-refractivity contribution < 1.29 is 54.3 Å². The minimum absolute atomic E-state index is 0.0327. The first-order valence-corrected chi connectivity index (χ1v) is 41.1. The topological polar surface area (TPSA) is 234 Å². The number of nitrogens with zero attached hydrogens (tertiary/aromatic N) is 6. The van der Waals surface area contributed by atoms with E-state index in [1.165, 1.54) is 45.5 Å². The van der Waals surface area contributed by atoms with Gasteiger partial charge >= 0.3 is 5.51 Å². The van der Waals surface area contributed by atoms with Crippen LogP contribution in [0.5, 0.6) is 0 Å². The van der Waals surface area contributed by atoms with Gasteiger partial charge in [0.05, 0.1) is 32.8 Å². The fourth-order valence-corrected chi connectivity index (χ4v) is 18.0. The van der Waals surface area contributed by atoms with Crippen LogP contribution in [0.15, 0.2) is 147 Å². The van der Waals surface area contributed by atoms with E-state index < -0.39 is 99.0 Å². The van der Waals surface area contributed by atoms with Gasteiger partial charge in [-0.2, -0.15) is 13.2 Å². The Kier molecular flexibility index (Phi) is 25.6. The van der Waals surface area contributed by atoms with E-state index in [1.807, 2.05) is 127 Å². The maximum atomic E-state index is 14.7.